The van der Waals surface area contributed by atoms with Gasteiger partial charge in [-0.3, -0.25) is 14.4 Å². The number of amides is 3. The van der Waals surface area contributed by atoms with E-state index >= 15 is 0 Å². The fourth-order valence-electron chi connectivity index (χ4n) is 7.72. The van der Waals surface area contributed by atoms with Crippen molar-refractivity contribution in [1.82, 2.24) is 30.9 Å². The van der Waals surface area contributed by atoms with Gasteiger partial charge in [0.05, 0.1) is 12.6 Å². The first-order valence-electron chi connectivity index (χ1n) is 18.3. The second-order valence-electron chi connectivity index (χ2n) is 15.2. The van der Waals surface area contributed by atoms with E-state index in [2.05, 4.69) is 62.3 Å². The molecule has 1 heterocycles. The molecule has 4 aliphatic rings. The number of hydrogen-bond donors (Lipinski definition) is 5. The van der Waals surface area contributed by atoms with E-state index in [0.717, 1.165) is 25.5 Å². The SMILES string of the molecule is COC(=O)[C@H](CCNC(=O)C(=O)N[C@H]1C[C@H]2C[C@@H]([C@H]1C)C2(C)C)NC(=O)c1ccc(Nc2nc(NC3(c4ccc(Cl)cc4)CC3)nc(OCC(F)(F)F)n2)cc1. The molecule has 4 aliphatic carbocycles. The maximum absolute atomic E-state index is 13.1. The molecule has 4 fully saturated rings. The molecule has 0 aliphatic heterocycles. The summed E-state index contributed by atoms with van der Waals surface area (Å²) in [5.74, 6) is -1.86. The Hall–Kier alpha value is -5.19. The molecule has 3 amide bonds. The van der Waals surface area contributed by atoms with E-state index in [9.17, 15) is 32.3 Å². The summed E-state index contributed by atoms with van der Waals surface area (Å²) in [6.45, 7) is 4.89. The van der Waals surface area contributed by atoms with Crippen LogP contribution in [0.15, 0.2) is 48.5 Å². The topological polar surface area (TPSA) is 186 Å². The van der Waals surface area contributed by atoms with Gasteiger partial charge in [0.15, 0.2) is 6.61 Å². The second kappa shape index (κ2) is 16.1. The number of nitrogens with one attached hydrogen (secondary N) is 5. The third-order valence-corrected chi connectivity index (χ3v) is 11.5. The van der Waals surface area contributed by atoms with Gasteiger partial charge in [-0.25, -0.2) is 4.79 Å². The molecule has 4 saturated carbocycles. The van der Waals surface area contributed by atoms with Gasteiger partial charge >= 0.3 is 30.0 Å². The number of halogens is 4. The lowest BCUT2D eigenvalue weighted by molar-refractivity contribution is -0.154. The van der Waals surface area contributed by atoms with Crippen LogP contribution in [0.2, 0.25) is 5.02 Å². The Morgan fingerprint density at radius 2 is 1.62 bits per heavy atom. The van der Waals surface area contributed by atoms with Crippen LogP contribution in [0.5, 0.6) is 6.01 Å². The zero-order valence-corrected chi connectivity index (χ0v) is 32.0. The van der Waals surface area contributed by atoms with E-state index in [-0.39, 0.29) is 47.8 Å². The number of nitrogens with zero attached hydrogens (tertiary/aromatic N) is 3. The van der Waals surface area contributed by atoms with E-state index in [1.807, 2.05) is 12.1 Å². The Morgan fingerprint density at radius 3 is 2.23 bits per heavy atom. The molecule has 0 saturated heterocycles. The number of rotatable bonds is 14. The molecule has 18 heteroatoms. The summed E-state index contributed by atoms with van der Waals surface area (Å²) in [5.41, 5.74) is 1.11. The molecule has 1 aromatic heterocycles. The standard InChI is InChI=1S/C38H44ClF3N8O6/c1-20-26-17-23(36(26,2)3)18-28(20)46-31(53)30(52)43-16-13-27(32(54)55-4)45-29(51)21-5-11-25(12-6-21)44-33-47-34(49-35(48-33)56-19-38(40,41)42)50-37(14-15-37)22-7-9-24(39)10-8-22/h5-12,20,23,26-28H,13-19H2,1-4H3,(H,43,52)(H,45,51)(H,46,53)(H2,44,47,48,49,50)/t20-,23-,26+,27+,28+/m1/s1. The molecule has 7 rings (SSSR count). The zero-order chi connectivity index (χ0) is 40.4. The Kier molecular flexibility index (Phi) is 11.6. The van der Waals surface area contributed by atoms with E-state index in [1.54, 1.807) is 12.1 Å². The number of aromatic nitrogens is 3. The number of benzene rings is 2. The average Bonchev–Trinajstić information content (AvgIpc) is 3.93. The highest BCUT2D eigenvalue weighted by Crippen LogP contribution is 2.61. The lowest BCUT2D eigenvalue weighted by atomic mass is 9.45. The monoisotopic (exact) mass is 800 g/mol. The van der Waals surface area contributed by atoms with Gasteiger partial charge in [-0.05, 0) is 97.2 Å². The number of ether oxygens (including phenoxy) is 2. The number of esters is 1. The molecule has 0 unspecified atom stereocenters. The number of alkyl halides is 3. The van der Waals surface area contributed by atoms with Crippen LogP contribution in [-0.4, -0.2) is 77.2 Å². The number of carbonyl (C=O) groups is 4. The van der Waals surface area contributed by atoms with Gasteiger partial charge in [0.1, 0.15) is 6.04 Å². The van der Waals surface area contributed by atoms with Gasteiger partial charge in [-0.2, -0.15) is 28.1 Å². The Labute approximate surface area is 326 Å². The first-order valence-corrected chi connectivity index (χ1v) is 18.7. The Balaban J connectivity index is 1.04. The molecule has 2 bridgehead atoms. The lowest BCUT2D eigenvalue weighted by Crippen LogP contribution is -2.61. The normalized spacial score (nSPS) is 22.0. The maximum Gasteiger partial charge on any atom is 0.422 e. The molecule has 14 nitrogen and oxygen atoms in total. The zero-order valence-electron chi connectivity index (χ0n) is 31.3. The van der Waals surface area contributed by atoms with Crippen molar-refractivity contribution in [3.05, 3.63) is 64.7 Å². The van der Waals surface area contributed by atoms with Gasteiger partial charge < -0.3 is 36.1 Å². The van der Waals surface area contributed by atoms with Crippen LogP contribution in [0.1, 0.15) is 68.8 Å². The smallest absolute Gasteiger partial charge is 0.422 e. The summed E-state index contributed by atoms with van der Waals surface area (Å²) < 4.78 is 48.6. The number of hydrogen-bond acceptors (Lipinski definition) is 11. The van der Waals surface area contributed by atoms with Gasteiger partial charge in [0, 0.05) is 28.9 Å². The summed E-state index contributed by atoms with van der Waals surface area (Å²) in [7, 11) is 1.16. The van der Waals surface area contributed by atoms with Gasteiger partial charge in [-0.15, -0.1) is 0 Å². The first-order chi connectivity index (χ1) is 26.5. The van der Waals surface area contributed by atoms with E-state index in [0.29, 0.717) is 35.4 Å². The van der Waals surface area contributed by atoms with Crippen LogP contribution < -0.4 is 31.3 Å². The molecule has 5 N–H and O–H groups in total. The van der Waals surface area contributed by atoms with Crippen molar-refractivity contribution in [1.29, 1.82) is 0 Å². The van der Waals surface area contributed by atoms with E-state index in [4.69, 9.17) is 21.1 Å². The molecule has 2 aromatic carbocycles. The number of carbonyl (C=O) groups excluding carboxylic acids is 4. The quantitative estimate of drug-likeness (QED) is 0.106. The highest BCUT2D eigenvalue weighted by Gasteiger charge is 2.56. The largest absolute Gasteiger partial charge is 0.467 e. The third kappa shape index (κ3) is 9.42. The van der Waals surface area contributed by atoms with Crippen molar-refractivity contribution in [2.75, 3.05) is 30.9 Å². The summed E-state index contributed by atoms with van der Waals surface area (Å²) in [4.78, 5) is 63.3. The predicted molar refractivity (Wildman–Crippen MR) is 199 cm³/mol. The van der Waals surface area contributed by atoms with Gasteiger partial charge in [-0.1, -0.05) is 44.5 Å². The lowest BCUT2D eigenvalue weighted by Gasteiger charge is -2.62. The minimum atomic E-state index is -4.63. The molecule has 0 spiro atoms. The van der Waals surface area contributed by atoms with Crippen LogP contribution in [0.3, 0.4) is 0 Å². The summed E-state index contributed by atoms with van der Waals surface area (Å²) in [5, 5.41) is 14.6. The minimum absolute atomic E-state index is 0.0203. The average molecular weight is 801 g/mol. The molecule has 3 aromatic rings. The summed E-state index contributed by atoms with van der Waals surface area (Å²) >= 11 is 6.04. The molecular formula is C38H44ClF3N8O6. The number of fused-ring (bicyclic) bond motifs is 2. The van der Waals surface area contributed by atoms with Crippen molar-refractivity contribution in [2.45, 2.75) is 76.7 Å². The van der Waals surface area contributed by atoms with Crippen molar-refractivity contribution in [2.24, 2.45) is 23.2 Å². The fraction of sp³-hybridized carbons (Fsp3) is 0.500. The predicted octanol–water partition coefficient (Wildman–Crippen LogP) is 5.28. The van der Waals surface area contributed by atoms with Crippen molar-refractivity contribution >= 4 is 52.9 Å². The molecule has 300 valence electrons. The van der Waals surface area contributed by atoms with E-state index < -0.39 is 54.1 Å². The fourth-order valence-corrected chi connectivity index (χ4v) is 7.85. The van der Waals surface area contributed by atoms with Crippen LogP contribution in [0.4, 0.5) is 30.8 Å². The number of methoxy groups -OCH3 is 1. The van der Waals surface area contributed by atoms with Crippen molar-refractivity contribution in [3.63, 3.8) is 0 Å². The third-order valence-electron chi connectivity index (χ3n) is 11.3. The van der Waals surface area contributed by atoms with Crippen molar-refractivity contribution < 1.29 is 41.8 Å². The Morgan fingerprint density at radius 1 is 0.946 bits per heavy atom. The molecule has 0 radical (unpaired) electrons. The Bertz CT molecular complexity index is 1940. The van der Waals surface area contributed by atoms with Gasteiger partial charge in [0.25, 0.3) is 5.91 Å². The highest BCUT2D eigenvalue weighted by molar-refractivity contribution is 6.35. The highest BCUT2D eigenvalue weighted by atomic mass is 35.5. The second-order valence-corrected chi connectivity index (χ2v) is 15.7. The summed E-state index contributed by atoms with van der Waals surface area (Å²) in [6, 6.07) is 11.2. The molecule has 5 atom stereocenters. The maximum atomic E-state index is 13.1. The minimum Gasteiger partial charge on any atom is -0.467 e. The van der Waals surface area contributed by atoms with Crippen LogP contribution in [-0.2, 0) is 24.7 Å². The van der Waals surface area contributed by atoms with Crippen molar-refractivity contribution in [3.8, 4) is 6.01 Å². The first kappa shape index (κ1) is 40.5. The number of anilines is 3. The van der Waals surface area contributed by atoms with Crippen LogP contribution >= 0.6 is 11.6 Å². The van der Waals surface area contributed by atoms with E-state index in [1.165, 1.54) is 24.3 Å². The summed E-state index contributed by atoms with van der Waals surface area (Å²) in [6.07, 6.45) is -1.30. The van der Waals surface area contributed by atoms with Gasteiger partial charge in [0.2, 0.25) is 11.9 Å². The molecular weight excluding hydrogens is 757 g/mol. The van der Waals surface area contributed by atoms with Crippen LogP contribution in [0.25, 0.3) is 0 Å². The molecule has 56 heavy (non-hydrogen) atoms. The van der Waals surface area contributed by atoms with Crippen LogP contribution in [0, 0.1) is 23.2 Å².